The van der Waals surface area contributed by atoms with E-state index in [1.807, 2.05) is 79.4 Å². The first kappa shape index (κ1) is 21.8. The smallest absolute Gasteiger partial charge is 0.248 e. The summed E-state index contributed by atoms with van der Waals surface area (Å²) in [5.41, 5.74) is 2.11. The maximum absolute atomic E-state index is 12.7. The van der Waals surface area contributed by atoms with E-state index in [0.29, 0.717) is 32.1 Å². The summed E-state index contributed by atoms with van der Waals surface area (Å²) in [7, 11) is 0. The highest BCUT2D eigenvalue weighted by Crippen LogP contribution is 2.26. The zero-order valence-electron chi connectivity index (χ0n) is 18.5. The van der Waals surface area contributed by atoms with Gasteiger partial charge in [-0.2, -0.15) is 0 Å². The van der Waals surface area contributed by atoms with E-state index in [-0.39, 0.29) is 18.6 Å². The molecular formula is C25H28N4O3. The Bertz CT molecular complexity index is 1040. The summed E-state index contributed by atoms with van der Waals surface area (Å²) in [5.74, 6) is 2.09. The third kappa shape index (κ3) is 5.42. The molecule has 1 saturated heterocycles. The number of aromatic nitrogens is 2. The van der Waals surface area contributed by atoms with Gasteiger partial charge in [0.05, 0.1) is 6.61 Å². The average molecular weight is 433 g/mol. The Labute approximate surface area is 188 Å². The fraction of sp³-hybridized carbons (Fsp3) is 0.320. The quantitative estimate of drug-likeness (QED) is 0.565. The average Bonchev–Trinajstić information content (AvgIpc) is 2.81. The van der Waals surface area contributed by atoms with Crippen LogP contribution in [0.2, 0.25) is 0 Å². The SMILES string of the molecule is Cc1ccccc1Oc1cc(N2CCN(C(=O)COCc3ccccc3)[C@H](C)C2)ncn1. The highest BCUT2D eigenvalue weighted by atomic mass is 16.5. The van der Waals surface area contributed by atoms with Gasteiger partial charge in [0.25, 0.3) is 0 Å². The molecule has 1 amide bonds. The van der Waals surface area contributed by atoms with E-state index in [2.05, 4.69) is 14.9 Å². The molecule has 7 nitrogen and oxygen atoms in total. The van der Waals surface area contributed by atoms with Crippen molar-refractivity contribution in [2.75, 3.05) is 31.1 Å². The first-order valence-corrected chi connectivity index (χ1v) is 10.8. The van der Waals surface area contributed by atoms with E-state index in [1.54, 1.807) is 0 Å². The van der Waals surface area contributed by atoms with E-state index in [1.165, 1.54) is 6.33 Å². The third-order valence-electron chi connectivity index (χ3n) is 5.54. The molecule has 1 aromatic heterocycles. The lowest BCUT2D eigenvalue weighted by molar-refractivity contribution is -0.139. The molecule has 166 valence electrons. The minimum atomic E-state index is 0.0133. The van der Waals surface area contributed by atoms with E-state index in [0.717, 1.165) is 22.7 Å². The van der Waals surface area contributed by atoms with Crippen LogP contribution in [0, 0.1) is 6.92 Å². The highest BCUT2D eigenvalue weighted by molar-refractivity contribution is 5.78. The second kappa shape index (κ2) is 10.2. The molecular weight excluding hydrogens is 404 g/mol. The number of piperazine rings is 1. The first-order valence-electron chi connectivity index (χ1n) is 10.8. The van der Waals surface area contributed by atoms with Gasteiger partial charge in [-0.15, -0.1) is 0 Å². The van der Waals surface area contributed by atoms with Crippen molar-refractivity contribution in [2.45, 2.75) is 26.5 Å². The van der Waals surface area contributed by atoms with Crippen molar-refractivity contribution in [3.8, 4) is 11.6 Å². The van der Waals surface area contributed by atoms with Gasteiger partial charge in [0.2, 0.25) is 11.8 Å². The van der Waals surface area contributed by atoms with Gasteiger partial charge in [-0.1, -0.05) is 48.5 Å². The molecule has 1 atom stereocenters. The molecule has 0 unspecified atom stereocenters. The van der Waals surface area contributed by atoms with Crippen LogP contribution in [-0.4, -0.2) is 53.1 Å². The molecule has 7 heteroatoms. The minimum absolute atomic E-state index is 0.0133. The van der Waals surface area contributed by atoms with E-state index in [4.69, 9.17) is 9.47 Å². The summed E-state index contributed by atoms with van der Waals surface area (Å²) in [4.78, 5) is 25.4. The van der Waals surface area contributed by atoms with E-state index >= 15 is 0 Å². The number of amides is 1. The fourth-order valence-corrected chi connectivity index (χ4v) is 3.79. The second-order valence-corrected chi connectivity index (χ2v) is 7.94. The van der Waals surface area contributed by atoms with Gasteiger partial charge in [-0.3, -0.25) is 4.79 Å². The summed E-state index contributed by atoms with van der Waals surface area (Å²) in [6.45, 7) is 6.56. The minimum Gasteiger partial charge on any atom is -0.439 e. The molecule has 0 saturated carbocycles. The molecule has 1 aliphatic heterocycles. The third-order valence-corrected chi connectivity index (χ3v) is 5.54. The van der Waals surface area contributed by atoms with Crippen molar-refractivity contribution in [3.05, 3.63) is 78.1 Å². The fourth-order valence-electron chi connectivity index (χ4n) is 3.79. The number of hydrogen-bond acceptors (Lipinski definition) is 6. The van der Waals surface area contributed by atoms with Crippen molar-refractivity contribution < 1.29 is 14.3 Å². The lowest BCUT2D eigenvalue weighted by atomic mass is 10.2. The summed E-state index contributed by atoms with van der Waals surface area (Å²) in [6, 6.07) is 19.6. The molecule has 0 spiro atoms. The number of benzene rings is 2. The number of aryl methyl sites for hydroxylation is 1. The number of carbonyl (C=O) groups excluding carboxylic acids is 1. The largest absolute Gasteiger partial charge is 0.439 e. The summed E-state index contributed by atoms with van der Waals surface area (Å²) in [6.07, 6.45) is 1.52. The number of carbonyl (C=O) groups is 1. The Balaban J connectivity index is 1.32. The highest BCUT2D eigenvalue weighted by Gasteiger charge is 2.28. The van der Waals surface area contributed by atoms with Gasteiger partial charge in [0.15, 0.2) is 0 Å². The predicted molar refractivity (Wildman–Crippen MR) is 123 cm³/mol. The van der Waals surface area contributed by atoms with Crippen LogP contribution in [0.1, 0.15) is 18.1 Å². The summed E-state index contributed by atoms with van der Waals surface area (Å²) >= 11 is 0. The summed E-state index contributed by atoms with van der Waals surface area (Å²) < 4.78 is 11.6. The summed E-state index contributed by atoms with van der Waals surface area (Å²) in [5, 5.41) is 0. The molecule has 1 fully saturated rings. The molecule has 32 heavy (non-hydrogen) atoms. The van der Waals surface area contributed by atoms with Gasteiger partial charge < -0.3 is 19.3 Å². The molecule has 2 heterocycles. The Hall–Kier alpha value is -3.45. The van der Waals surface area contributed by atoms with Crippen LogP contribution in [0.25, 0.3) is 0 Å². The van der Waals surface area contributed by atoms with Crippen molar-refractivity contribution in [1.82, 2.24) is 14.9 Å². The van der Waals surface area contributed by atoms with Gasteiger partial charge in [0, 0.05) is 31.7 Å². The Morgan fingerprint density at radius 3 is 2.62 bits per heavy atom. The lowest BCUT2D eigenvalue weighted by Gasteiger charge is -2.40. The molecule has 0 radical (unpaired) electrons. The zero-order chi connectivity index (χ0) is 22.3. The van der Waals surface area contributed by atoms with Crippen molar-refractivity contribution >= 4 is 11.7 Å². The van der Waals surface area contributed by atoms with Crippen LogP contribution in [0.4, 0.5) is 5.82 Å². The topological polar surface area (TPSA) is 67.8 Å². The number of anilines is 1. The number of hydrogen-bond donors (Lipinski definition) is 0. The molecule has 0 aliphatic carbocycles. The molecule has 4 rings (SSSR count). The molecule has 0 N–H and O–H groups in total. The van der Waals surface area contributed by atoms with Crippen LogP contribution < -0.4 is 9.64 Å². The number of ether oxygens (including phenoxy) is 2. The molecule has 1 aliphatic rings. The first-order chi connectivity index (χ1) is 15.6. The van der Waals surface area contributed by atoms with Crippen LogP contribution in [-0.2, 0) is 16.1 Å². The Kier molecular flexibility index (Phi) is 6.97. The number of para-hydroxylation sites is 1. The van der Waals surface area contributed by atoms with Gasteiger partial charge in [-0.25, -0.2) is 9.97 Å². The number of rotatable bonds is 7. The maximum atomic E-state index is 12.7. The van der Waals surface area contributed by atoms with Gasteiger partial charge >= 0.3 is 0 Å². The van der Waals surface area contributed by atoms with E-state index in [9.17, 15) is 4.79 Å². The van der Waals surface area contributed by atoms with Crippen LogP contribution in [0.5, 0.6) is 11.6 Å². The predicted octanol–water partition coefficient (Wildman–Crippen LogP) is 3.83. The van der Waals surface area contributed by atoms with Crippen molar-refractivity contribution in [2.24, 2.45) is 0 Å². The van der Waals surface area contributed by atoms with Crippen LogP contribution >= 0.6 is 0 Å². The Morgan fingerprint density at radius 2 is 1.84 bits per heavy atom. The lowest BCUT2D eigenvalue weighted by Crippen LogP contribution is -2.55. The van der Waals surface area contributed by atoms with Gasteiger partial charge in [-0.05, 0) is 31.0 Å². The van der Waals surface area contributed by atoms with Crippen molar-refractivity contribution in [3.63, 3.8) is 0 Å². The normalized spacial score (nSPS) is 16.1. The van der Waals surface area contributed by atoms with Crippen molar-refractivity contribution in [1.29, 1.82) is 0 Å². The van der Waals surface area contributed by atoms with Crippen LogP contribution in [0.15, 0.2) is 67.0 Å². The molecule has 3 aromatic rings. The maximum Gasteiger partial charge on any atom is 0.248 e. The molecule has 2 aromatic carbocycles. The second-order valence-electron chi connectivity index (χ2n) is 7.94. The van der Waals surface area contributed by atoms with Crippen LogP contribution in [0.3, 0.4) is 0 Å². The zero-order valence-corrected chi connectivity index (χ0v) is 18.5. The Morgan fingerprint density at radius 1 is 1.06 bits per heavy atom. The monoisotopic (exact) mass is 432 g/mol. The van der Waals surface area contributed by atoms with E-state index < -0.39 is 0 Å². The standard InChI is InChI=1S/C25H28N4O3/c1-19-8-6-7-11-22(19)32-24-14-23(26-18-27-24)28-12-13-29(20(2)15-28)25(30)17-31-16-21-9-4-3-5-10-21/h3-11,14,18,20H,12-13,15-17H2,1-2H3/t20-/m1/s1. The molecule has 0 bridgehead atoms. The van der Waals surface area contributed by atoms with Gasteiger partial charge in [0.1, 0.15) is 24.5 Å². The number of nitrogens with zero attached hydrogens (tertiary/aromatic N) is 4.